The SMILES string of the molecule is CC(C)c1cncn1CCCN1CCN(C(=O)OC(C)(C)C)CC1. The molecule has 24 heavy (non-hydrogen) atoms. The van der Waals surface area contributed by atoms with Crippen molar-refractivity contribution in [3.8, 4) is 0 Å². The molecule has 2 heterocycles. The van der Waals surface area contributed by atoms with Crippen LogP contribution < -0.4 is 0 Å². The highest BCUT2D eigenvalue weighted by Crippen LogP contribution is 2.14. The molecule has 1 amide bonds. The van der Waals surface area contributed by atoms with E-state index in [2.05, 4.69) is 28.3 Å². The van der Waals surface area contributed by atoms with Crippen molar-refractivity contribution < 1.29 is 9.53 Å². The Morgan fingerprint density at radius 3 is 2.46 bits per heavy atom. The van der Waals surface area contributed by atoms with Gasteiger partial charge in [0.2, 0.25) is 0 Å². The van der Waals surface area contributed by atoms with Crippen molar-refractivity contribution in [3.63, 3.8) is 0 Å². The zero-order valence-electron chi connectivity index (χ0n) is 15.8. The van der Waals surface area contributed by atoms with Gasteiger partial charge in [-0.3, -0.25) is 4.90 Å². The number of carbonyl (C=O) groups is 1. The predicted molar refractivity (Wildman–Crippen MR) is 95.2 cm³/mol. The summed E-state index contributed by atoms with van der Waals surface area (Å²) in [6.45, 7) is 15.5. The fourth-order valence-corrected chi connectivity index (χ4v) is 2.94. The summed E-state index contributed by atoms with van der Waals surface area (Å²) < 4.78 is 7.69. The Bertz CT molecular complexity index is 525. The third-order valence-electron chi connectivity index (χ3n) is 4.23. The van der Waals surface area contributed by atoms with Crippen LogP contribution in [0.4, 0.5) is 4.79 Å². The van der Waals surface area contributed by atoms with Crippen LogP contribution in [0.1, 0.15) is 52.7 Å². The number of piperazine rings is 1. The van der Waals surface area contributed by atoms with Gasteiger partial charge in [-0.25, -0.2) is 9.78 Å². The van der Waals surface area contributed by atoms with Crippen molar-refractivity contribution in [1.29, 1.82) is 0 Å². The van der Waals surface area contributed by atoms with E-state index in [0.29, 0.717) is 5.92 Å². The molecule has 1 aromatic rings. The summed E-state index contributed by atoms with van der Waals surface area (Å²) in [7, 11) is 0. The maximum Gasteiger partial charge on any atom is 0.410 e. The second kappa shape index (κ2) is 8.01. The number of hydrogen-bond donors (Lipinski definition) is 0. The molecule has 0 spiro atoms. The van der Waals surface area contributed by atoms with Gasteiger partial charge in [0.15, 0.2) is 0 Å². The van der Waals surface area contributed by atoms with Gasteiger partial charge in [0.1, 0.15) is 5.60 Å². The van der Waals surface area contributed by atoms with Crippen LogP contribution in [0.2, 0.25) is 0 Å². The second-order valence-corrected chi connectivity index (χ2v) is 7.83. The molecule has 0 unspecified atom stereocenters. The average Bonchev–Trinajstić information content (AvgIpc) is 2.95. The van der Waals surface area contributed by atoms with E-state index >= 15 is 0 Å². The van der Waals surface area contributed by atoms with Crippen LogP contribution in [0.15, 0.2) is 12.5 Å². The number of imidazole rings is 1. The van der Waals surface area contributed by atoms with E-state index in [-0.39, 0.29) is 6.09 Å². The van der Waals surface area contributed by atoms with Crippen molar-refractivity contribution in [3.05, 3.63) is 18.2 Å². The topological polar surface area (TPSA) is 50.6 Å². The van der Waals surface area contributed by atoms with Gasteiger partial charge in [-0.2, -0.15) is 0 Å². The lowest BCUT2D eigenvalue weighted by molar-refractivity contribution is 0.0144. The van der Waals surface area contributed by atoms with Gasteiger partial charge in [-0.15, -0.1) is 0 Å². The number of aryl methyl sites for hydroxylation is 1. The van der Waals surface area contributed by atoms with Gasteiger partial charge in [-0.1, -0.05) is 13.8 Å². The fourth-order valence-electron chi connectivity index (χ4n) is 2.94. The second-order valence-electron chi connectivity index (χ2n) is 7.83. The summed E-state index contributed by atoms with van der Waals surface area (Å²) in [5.74, 6) is 0.505. The van der Waals surface area contributed by atoms with E-state index in [9.17, 15) is 4.79 Å². The molecule has 0 atom stereocenters. The van der Waals surface area contributed by atoms with E-state index < -0.39 is 5.60 Å². The summed E-state index contributed by atoms with van der Waals surface area (Å²) in [6, 6.07) is 0. The molecule has 2 rings (SSSR count). The summed E-state index contributed by atoms with van der Waals surface area (Å²) >= 11 is 0. The van der Waals surface area contributed by atoms with Crippen molar-refractivity contribution in [2.24, 2.45) is 0 Å². The quantitative estimate of drug-likeness (QED) is 0.829. The molecule has 0 radical (unpaired) electrons. The van der Waals surface area contributed by atoms with E-state index in [0.717, 1.165) is 45.7 Å². The van der Waals surface area contributed by atoms with E-state index in [1.807, 2.05) is 38.2 Å². The fraction of sp³-hybridized carbons (Fsp3) is 0.778. The molecule has 6 nitrogen and oxygen atoms in total. The Morgan fingerprint density at radius 2 is 1.88 bits per heavy atom. The lowest BCUT2D eigenvalue weighted by atomic mass is 10.1. The maximum atomic E-state index is 12.1. The van der Waals surface area contributed by atoms with E-state index in [1.54, 1.807) is 0 Å². The van der Waals surface area contributed by atoms with E-state index in [4.69, 9.17) is 4.74 Å². The lowest BCUT2D eigenvalue weighted by Gasteiger charge is -2.35. The van der Waals surface area contributed by atoms with Crippen molar-refractivity contribution in [1.82, 2.24) is 19.4 Å². The number of ether oxygens (including phenoxy) is 1. The number of amides is 1. The highest BCUT2D eigenvalue weighted by molar-refractivity contribution is 5.68. The Balaban J connectivity index is 1.70. The van der Waals surface area contributed by atoms with Crippen molar-refractivity contribution in [2.75, 3.05) is 32.7 Å². The third kappa shape index (κ3) is 5.51. The minimum absolute atomic E-state index is 0.192. The highest BCUT2D eigenvalue weighted by atomic mass is 16.6. The molecule has 0 aromatic carbocycles. The maximum absolute atomic E-state index is 12.1. The summed E-state index contributed by atoms with van der Waals surface area (Å²) in [6.07, 6.45) is 4.80. The van der Waals surface area contributed by atoms with Crippen LogP contribution in [0, 0.1) is 0 Å². The molecule has 6 heteroatoms. The summed E-state index contributed by atoms with van der Waals surface area (Å²) in [5, 5.41) is 0. The van der Waals surface area contributed by atoms with Crippen molar-refractivity contribution in [2.45, 2.75) is 59.1 Å². The standard InChI is InChI=1S/C18H32N4O2/c1-15(2)16-13-19-14-22(16)8-6-7-20-9-11-21(12-10-20)17(23)24-18(3,4)5/h13-15H,6-12H2,1-5H3. The smallest absolute Gasteiger partial charge is 0.410 e. The molecule has 0 bridgehead atoms. The molecule has 1 saturated heterocycles. The first-order chi connectivity index (χ1) is 11.3. The van der Waals surface area contributed by atoms with Gasteiger partial charge in [0.05, 0.1) is 6.33 Å². The normalized spacial score (nSPS) is 16.7. The van der Waals surface area contributed by atoms with Crippen molar-refractivity contribution >= 4 is 6.09 Å². The molecule has 136 valence electrons. The molecule has 1 aliphatic heterocycles. The molecule has 1 aromatic heterocycles. The monoisotopic (exact) mass is 336 g/mol. The first kappa shape index (κ1) is 18.8. The number of aromatic nitrogens is 2. The van der Waals surface area contributed by atoms with Gasteiger partial charge < -0.3 is 14.2 Å². The molecule has 1 fully saturated rings. The van der Waals surface area contributed by atoms with Gasteiger partial charge in [-0.05, 0) is 39.7 Å². The van der Waals surface area contributed by atoms with Crippen LogP contribution in [0.5, 0.6) is 0 Å². The first-order valence-electron chi connectivity index (χ1n) is 8.96. The largest absolute Gasteiger partial charge is 0.444 e. The van der Waals surface area contributed by atoms with Gasteiger partial charge in [0, 0.05) is 44.6 Å². The lowest BCUT2D eigenvalue weighted by Crippen LogP contribution is -2.50. The summed E-state index contributed by atoms with van der Waals surface area (Å²) in [4.78, 5) is 20.6. The van der Waals surface area contributed by atoms with Gasteiger partial charge >= 0.3 is 6.09 Å². The first-order valence-corrected chi connectivity index (χ1v) is 8.96. The molecule has 1 aliphatic rings. The van der Waals surface area contributed by atoms with Gasteiger partial charge in [0.25, 0.3) is 0 Å². The number of hydrogen-bond acceptors (Lipinski definition) is 4. The number of nitrogens with zero attached hydrogens (tertiary/aromatic N) is 4. The van der Waals surface area contributed by atoms with Crippen LogP contribution in [0.3, 0.4) is 0 Å². The average molecular weight is 336 g/mol. The minimum atomic E-state index is -0.423. The molecular formula is C18H32N4O2. The molecule has 0 aliphatic carbocycles. The van der Waals surface area contributed by atoms with E-state index in [1.165, 1.54) is 5.69 Å². The number of rotatable bonds is 5. The van der Waals surface area contributed by atoms with Crippen LogP contribution in [-0.2, 0) is 11.3 Å². The zero-order chi connectivity index (χ0) is 17.7. The van der Waals surface area contributed by atoms with Crippen LogP contribution in [-0.4, -0.2) is 63.8 Å². The highest BCUT2D eigenvalue weighted by Gasteiger charge is 2.25. The Morgan fingerprint density at radius 1 is 1.21 bits per heavy atom. The van der Waals surface area contributed by atoms with Crippen LogP contribution in [0.25, 0.3) is 0 Å². The molecule has 0 saturated carbocycles. The zero-order valence-corrected chi connectivity index (χ0v) is 15.8. The Labute approximate surface area is 145 Å². The summed E-state index contributed by atoms with van der Waals surface area (Å²) in [5.41, 5.74) is 0.873. The van der Waals surface area contributed by atoms with Crippen LogP contribution >= 0.6 is 0 Å². The minimum Gasteiger partial charge on any atom is -0.444 e. The molecule has 0 N–H and O–H groups in total. The third-order valence-corrected chi connectivity index (χ3v) is 4.23. The predicted octanol–water partition coefficient (Wildman–Crippen LogP) is 2.95. The number of carbonyl (C=O) groups excluding carboxylic acids is 1. The Hall–Kier alpha value is -1.56. The Kier molecular flexibility index (Phi) is 6.27. The molecular weight excluding hydrogens is 304 g/mol.